The topological polar surface area (TPSA) is 139 Å². The maximum atomic E-state index is 12.8. The lowest BCUT2D eigenvalue weighted by atomic mass is 9.92. The van der Waals surface area contributed by atoms with Crippen LogP contribution in [0.5, 0.6) is 0 Å². The van der Waals surface area contributed by atoms with Gasteiger partial charge in [0.15, 0.2) is 11.2 Å². The smallest absolute Gasteiger partial charge is 0.280 e. The molecule has 0 aliphatic carbocycles. The van der Waals surface area contributed by atoms with Gasteiger partial charge in [0, 0.05) is 12.0 Å². The predicted molar refractivity (Wildman–Crippen MR) is 133 cm³/mol. The monoisotopic (exact) mass is 467 g/mol. The van der Waals surface area contributed by atoms with Gasteiger partial charge in [-0.3, -0.25) is 14.3 Å². The van der Waals surface area contributed by atoms with Crippen LogP contribution in [0.3, 0.4) is 0 Å². The van der Waals surface area contributed by atoms with Crippen molar-refractivity contribution in [2.75, 3.05) is 12.3 Å². The highest BCUT2D eigenvalue weighted by Gasteiger charge is 2.37. The summed E-state index contributed by atoms with van der Waals surface area (Å²) in [4.78, 5) is 24.3. The maximum absolute atomic E-state index is 12.8. The van der Waals surface area contributed by atoms with E-state index in [4.69, 9.17) is 15.5 Å². The number of aromatic nitrogens is 4. The van der Waals surface area contributed by atoms with Gasteiger partial charge in [0.2, 0.25) is 5.95 Å². The van der Waals surface area contributed by atoms with Gasteiger partial charge in [0.25, 0.3) is 5.56 Å². The minimum absolute atomic E-state index is 0.0390. The molecule has 6 aromatic rings. The van der Waals surface area contributed by atoms with Gasteiger partial charge in [-0.2, -0.15) is 4.98 Å². The number of benzene rings is 4. The first-order chi connectivity index (χ1) is 17.0. The van der Waals surface area contributed by atoms with Crippen LogP contribution in [-0.2, 0) is 4.74 Å². The van der Waals surface area contributed by atoms with E-state index in [1.165, 1.54) is 5.39 Å². The average Bonchev–Trinajstić information content (AvgIpc) is 3.42. The molecule has 0 amide bonds. The second-order valence-corrected chi connectivity index (χ2v) is 9.01. The van der Waals surface area contributed by atoms with E-state index in [-0.39, 0.29) is 30.1 Å². The molecule has 1 aliphatic heterocycles. The first-order valence-electron chi connectivity index (χ1n) is 11.4. The lowest BCUT2D eigenvalue weighted by molar-refractivity contribution is -0.0426. The van der Waals surface area contributed by atoms with Crippen LogP contribution in [-0.4, -0.2) is 48.5 Å². The summed E-state index contributed by atoms with van der Waals surface area (Å²) in [6.45, 7) is -0.325. The number of ether oxygens (including phenoxy) is 1. The summed E-state index contributed by atoms with van der Waals surface area (Å²) in [6, 6.07) is 18.6. The van der Waals surface area contributed by atoms with Crippen molar-refractivity contribution in [3.05, 3.63) is 65.0 Å². The van der Waals surface area contributed by atoms with E-state index in [1.807, 2.05) is 18.2 Å². The molecule has 0 radical (unpaired) electrons. The molecule has 0 saturated carbocycles. The number of aliphatic hydroxyl groups excluding tert-OH is 2. The first kappa shape index (κ1) is 20.3. The highest BCUT2D eigenvalue weighted by atomic mass is 16.5. The van der Waals surface area contributed by atoms with Crippen LogP contribution in [0.15, 0.2) is 59.4 Å². The number of fused-ring (bicyclic) bond motifs is 1. The summed E-state index contributed by atoms with van der Waals surface area (Å²) in [7, 11) is 0. The van der Waals surface area contributed by atoms with Crippen molar-refractivity contribution in [2.24, 2.45) is 0 Å². The Balaban J connectivity index is 1.57. The zero-order valence-corrected chi connectivity index (χ0v) is 18.5. The average molecular weight is 467 g/mol. The number of hydrogen-bond acceptors (Lipinski definition) is 7. The van der Waals surface area contributed by atoms with Gasteiger partial charge < -0.3 is 20.7 Å². The van der Waals surface area contributed by atoms with E-state index in [0.717, 1.165) is 32.5 Å². The summed E-state index contributed by atoms with van der Waals surface area (Å²) in [5.74, 6) is 0.445. The molecular weight excluding hydrogens is 446 g/mol. The quantitative estimate of drug-likeness (QED) is 0.294. The third-order valence-corrected chi connectivity index (χ3v) is 7.01. The molecule has 5 N–H and O–H groups in total. The Morgan fingerprint density at radius 1 is 1.03 bits per heavy atom. The highest BCUT2D eigenvalue weighted by molar-refractivity contribution is 6.25. The summed E-state index contributed by atoms with van der Waals surface area (Å²) in [5.41, 5.74) is 6.62. The van der Waals surface area contributed by atoms with Crippen molar-refractivity contribution in [1.29, 1.82) is 0 Å². The number of nitrogens with two attached hydrogens (primary N) is 1. The summed E-state index contributed by atoms with van der Waals surface area (Å²) in [6.07, 6.45) is -2.08. The number of nitrogens with one attached hydrogen (secondary N) is 1. The third kappa shape index (κ3) is 2.83. The number of aliphatic hydroxyl groups is 2. The van der Waals surface area contributed by atoms with Crippen LogP contribution in [0.25, 0.3) is 54.9 Å². The lowest BCUT2D eigenvalue weighted by Crippen LogP contribution is -2.24. The molecule has 3 heterocycles. The molecule has 3 atom stereocenters. The Labute approximate surface area is 197 Å². The van der Waals surface area contributed by atoms with Crippen LogP contribution in [0.4, 0.5) is 5.95 Å². The number of rotatable bonds is 3. The SMILES string of the molecule is Nc1nc2c(nc(-c3ccc4ccc5cccc6ccc3c4c56)n2[C@H]2CC(O)[C@@H](CO)O2)c(=O)[nH]1. The second-order valence-electron chi connectivity index (χ2n) is 9.01. The molecule has 1 unspecified atom stereocenters. The van der Waals surface area contributed by atoms with Crippen LogP contribution in [0.2, 0.25) is 0 Å². The fourth-order valence-electron chi connectivity index (χ4n) is 5.43. The van der Waals surface area contributed by atoms with E-state index >= 15 is 0 Å². The predicted octanol–water partition coefficient (Wildman–Crippen LogP) is 2.91. The zero-order valence-electron chi connectivity index (χ0n) is 18.5. The molecule has 4 aromatic carbocycles. The van der Waals surface area contributed by atoms with Crippen molar-refractivity contribution in [3.8, 4) is 11.4 Å². The van der Waals surface area contributed by atoms with Crippen molar-refractivity contribution in [2.45, 2.75) is 24.9 Å². The lowest BCUT2D eigenvalue weighted by Gasteiger charge is -2.18. The van der Waals surface area contributed by atoms with E-state index < -0.39 is 24.0 Å². The molecule has 1 aliphatic rings. The Hall–Kier alpha value is -4.05. The molecule has 1 saturated heterocycles. The van der Waals surface area contributed by atoms with E-state index in [9.17, 15) is 15.0 Å². The van der Waals surface area contributed by atoms with Gasteiger partial charge in [-0.05, 0) is 32.3 Å². The Morgan fingerprint density at radius 3 is 2.49 bits per heavy atom. The molecule has 7 rings (SSSR count). The van der Waals surface area contributed by atoms with Gasteiger partial charge in [-0.1, -0.05) is 54.6 Å². The molecule has 9 heteroatoms. The van der Waals surface area contributed by atoms with Gasteiger partial charge in [-0.25, -0.2) is 4.98 Å². The Kier molecular flexibility index (Phi) is 4.20. The van der Waals surface area contributed by atoms with Crippen LogP contribution in [0.1, 0.15) is 12.6 Å². The number of hydrogen-bond donors (Lipinski definition) is 4. The molecule has 0 spiro atoms. The molecule has 174 valence electrons. The van der Waals surface area contributed by atoms with E-state index in [0.29, 0.717) is 5.82 Å². The number of imidazole rings is 1. The minimum Gasteiger partial charge on any atom is -0.394 e. The van der Waals surface area contributed by atoms with Gasteiger partial charge >= 0.3 is 0 Å². The molecule has 35 heavy (non-hydrogen) atoms. The number of nitrogen functional groups attached to an aromatic ring is 1. The normalized spacial score (nSPS) is 20.7. The maximum Gasteiger partial charge on any atom is 0.280 e. The second kappa shape index (κ2) is 7.22. The van der Waals surface area contributed by atoms with Crippen molar-refractivity contribution >= 4 is 49.4 Å². The van der Waals surface area contributed by atoms with Crippen LogP contribution in [0, 0.1) is 0 Å². The summed E-state index contributed by atoms with van der Waals surface area (Å²) in [5, 5.41) is 26.7. The van der Waals surface area contributed by atoms with Gasteiger partial charge in [0.05, 0.1) is 12.7 Å². The molecule has 0 bridgehead atoms. The van der Waals surface area contributed by atoms with Crippen LogP contribution < -0.4 is 11.3 Å². The summed E-state index contributed by atoms with van der Waals surface area (Å²) >= 11 is 0. The Morgan fingerprint density at radius 2 is 1.74 bits per heavy atom. The minimum atomic E-state index is -0.865. The number of H-pyrrole nitrogens is 1. The number of anilines is 1. The largest absolute Gasteiger partial charge is 0.394 e. The first-order valence-corrected chi connectivity index (χ1v) is 11.4. The van der Waals surface area contributed by atoms with E-state index in [2.05, 4.69) is 46.4 Å². The van der Waals surface area contributed by atoms with Crippen LogP contribution >= 0.6 is 0 Å². The standard InChI is InChI=1S/C26H21N5O4/c27-26-29-24-22(25(34)30-26)28-23(31(24)19-10-17(33)18(11-32)35-19)16-9-7-14-5-4-12-2-1-3-13-6-8-15(16)21(14)20(12)13/h1-9,17-19,32-33H,10-11H2,(H3,27,29,30,34)/t17?,18-,19-/m1/s1. The number of nitrogens with zero attached hydrogens (tertiary/aromatic N) is 3. The summed E-state index contributed by atoms with van der Waals surface area (Å²) < 4.78 is 7.69. The number of aromatic amines is 1. The fourth-order valence-corrected chi connectivity index (χ4v) is 5.43. The highest BCUT2D eigenvalue weighted by Crippen LogP contribution is 2.41. The zero-order chi connectivity index (χ0) is 23.8. The molecule has 1 fully saturated rings. The van der Waals surface area contributed by atoms with Gasteiger partial charge in [0.1, 0.15) is 18.2 Å². The fraction of sp³-hybridized carbons (Fsp3) is 0.192. The van der Waals surface area contributed by atoms with Crippen molar-refractivity contribution in [1.82, 2.24) is 19.5 Å². The third-order valence-electron chi connectivity index (χ3n) is 7.01. The Bertz CT molecular complexity index is 1810. The van der Waals surface area contributed by atoms with Gasteiger partial charge in [-0.15, -0.1) is 0 Å². The molecular formula is C26H21N5O4. The van der Waals surface area contributed by atoms with Crippen molar-refractivity contribution in [3.63, 3.8) is 0 Å². The van der Waals surface area contributed by atoms with Crippen molar-refractivity contribution < 1.29 is 14.9 Å². The molecule has 9 nitrogen and oxygen atoms in total. The van der Waals surface area contributed by atoms with E-state index in [1.54, 1.807) is 4.57 Å². The molecule has 2 aromatic heterocycles.